The molecule has 0 saturated carbocycles. The van der Waals surface area contributed by atoms with Crippen LogP contribution in [0.25, 0.3) is 0 Å². The van der Waals surface area contributed by atoms with Crippen LogP contribution in [0, 0.1) is 12.7 Å². The first-order valence-electron chi connectivity index (χ1n) is 5.35. The topological polar surface area (TPSA) is 93.6 Å². The van der Waals surface area contributed by atoms with Gasteiger partial charge in [-0.2, -0.15) is 4.98 Å². The lowest BCUT2D eigenvalue weighted by atomic mass is 10.2. The summed E-state index contributed by atoms with van der Waals surface area (Å²) in [5.41, 5.74) is 6.35. The number of nitrogens with two attached hydrogens (primary N) is 1. The van der Waals surface area contributed by atoms with E-state index >= 15 is 0 Å². The molecule has 0 unspecified atom stereocenters. The molecule has 0 aliphatic rings. The molecule has 98 valence electrons. The number of amidine groups is 1. The fourth-order valence-electron chi connectivity index (χ4n) is 1.37. The Kier molecular flexibility index (Phi) is 3.56. The number of ether oxygens (including phenoxy) is 1. The summed E-state index contributed by atoms with van der Waals surface area (Å²) in [6, 6.07) is 5.58. The van der Waals surface area contributed by atoms with Crippen molar-refractivity contribution in [1.82, 2.24) is 9.97 Å². The van der Waals surface area contributed by atoms with E-state index in [2.05, 4.69) is 15.1 Å². The van der Waals surface area contributed by atoms with Gasteiger partial charge in [0, 0.05) is 12.3 Å². The van der Waals surface area contributed by atoms with Crippen molar-refractivity contribution in [3.05, 3.63) is 47.5 Å². The summed E-state index contributed by atoms with van der Waals surface area (Å²) in [6.45, 7) is 1.77. The van der Waals surface area contributed by atoms with Gasteiger partial charge < -0.3 is 15.7 Å². The molecule has 0 aliphatic carbocycles. The van der Waals surface area contributed by atoms with E-state index in [1.807, 2.05) is 0 Å². The van der Waals surface area contributed by atoms with Gasteiger partial charge >= 0.3 is 6.01 Å². The zero-order chi connectivity index (χ0) is 13.8. The maximum Gasteiger partial charge on any atom is 0.322 e. The number of aryl methyl sites for hydroxylation is 1. The smallest absolute Gasteiger partial charge is 0.322 e. The molecule has 19 heavy (non-hydrogen) atoms. The summed E-state index contributed by atoms with van der Waals surface area (Å²) in [5, 5.41) is 11.4. The van der Waals surface area contributed by atoms with Gasteiger partial charge in [0.15, 0.2) is 5.84 Å². The summed E-state index contributed by atoms with van der Waals surface area (Å²) < 4.78 is 18.5. The van der Waals surface area contributed by atoms with Crippen LogP contribution in [0.4, 0.5) is 4.39 Å². The first kappa shape index (κ1) is 12.7. The van der Waals surface area contributed by atoms with Crippen LogP contribution in [-0.2, 0) is 0 Å². The molecule has 1 heterocycles. The van der Waals surface area contributed by atoms with Gasteiger partial charge in [-0.05, 0) is 24.6 Å². The second-order valence-electron chi connectivity index (χ2n) is 3.72. The monoisotopic (exact) mass is 262 g/mol. The second kappa shape index (κ2) is 5.30. The van der Waals surface area contributed by atoms with Crippen LogP contribution in [0.15, 0.2) is 35.6 Å². The Balaban J connectivity index is 2.31. The minimum Gasteiger partial charge on any atom is -0.424 e. The zero-order valence-electron chi connectivity index (χ0n) is 10.0. The Morgan fingerprint density at radius 1 is 1.42 bits per heavy atom. The molecule has 1 aromatic carbocycles. The van der Waals surface area contributed by atoms with Crippen molar-refractivity contribution in [3.63, 3.8) is 0 Å². The molecule has 0 spiro atoms. The quantitative estimate of drug-likeness (QED) is 0.381. The molecular weight excluding hydrogens is 251 g/mol. The van der Waals surface area contributed by atoms with E-state index in [1.54, 1.807) is 13.0 Å². The van der Waals surface area contributed by atoms with Gasteiger partial charge in [0.2, 0.25) is 0 Å². The highest BCUT2D eigenvalue weighted by atomic mass is 19.1. The van der Waals surface area contributed by atoms with E-state index in [9.17, 15) is 4.39 Å². The highest BCUT2D eigenvalue weighted by molar-refractivity contribution is 5.95. The van der Waals surface area contributed by atoms with Crippen molar-refractivity contribution in [3.8, 4) is 11.8 Å². The Morgan fingerprint density at radius 3 is 2.95 bits per heavy atom. The molecule has 0 bridgehead atoms. The third-order valence-corrected chi connectivity index (χ3v) is 2.36. The van der Waals surface area contributed by atoms with E-state index in [0.29, 0.717) is 5.75 Å². The normalized spacial score (nSPS) is 11.4. The van der Waals surface area contributed by atoms with Gasteiger partial charge in [-0.25, -0.2) is 9.37 Å². The lowest BCUT2D eigenvalue weighted by Gasteiger charge is -2.07. The summed E-state index contributed by atoms with van der Waals surface area (Å²) in [4.78, 5) is 7.81. The predicted octanol–water partition coefficient (Wildman–Crippen LogP) is 1.81. The van der Waals surface area contributed by atoms with Crippen molar-refractivity contribution >= 4 is 5.84 Å². The first-order valence-corrected chi connectivity index (χ1v) is 5.35. The molecule has 0 radical (unpaired) electrons. The Morgan fingerprint density at radius 2 is 2.21 bits per heavy atom. The number of halogens is 1. The molecule has 0 fully saturated rings. The average Bonchev–Trinajstić information content (AvgIpc) is 2.42. The molecule has 0 atom stereocenters. The van der Waals surface area contributed by atoms with Gasteiger partial charge in [0.25, 0.3) is 0 Å². The predicted molar refractivity (Wildman–Crippen MR) is 65.8 cm³/mol. The molecule has 0 saturated heterocycles. The summed E-state index contributed by atoms with van der Waals surface area (Å²) >= 11 is 0. The minimum absolute atomic E-state index is 0.0159. The van der Waals surface area contributed by atoms with Crippen molar-refractivity contribution in [1.29, 1.82) is 0 Å². The number of benzene rings is 1. The number of hydrogen-bond acceptors (Lipinski definition) is 5. The number of nitrogens with zero attached hydrogens (tertiary/aromatic N) is 3. The van der Waals surface area contributed by atoms with Crippen molar-refractivity contribution in [2.75, 3.05) is 0 Å². The SMILES string of the molecule is Cc1ccc(F)cc1Oc1nccc(/C(N)=N/O)n1. The van der Waals surface area contributed by atoms with Gasteiger partial charge in [0.1, 0.15) is 17.3 Å². The minimum atomic E-state index is -0.423. The average molecular weight is 262 g/mol. The zero-order valence-corrected chi connectivity index (χ0v) is 10.0. The highest BCUT2D eigenvalue weighted by Gasteiger charge is 2.08. The van der Waals surface area contributed by atoms with Crippen LogP contribution in [0.5, 0.6) is 11.8 Å². The molecule has 0 aliphatic heterocycles. The van der Waals surface area contributed by atoms with Gasteiger partial charge in [-0.15, -0.1) is 0 Å². The molecule has 6 nitrogen and oxygen atoms in total. The molecule has 3 N–H and O–H groups in total. The highest BCUT2D eigenvalue weighted by Crippen LogP contribution is 2.23. The van der Waals surface area contributed by atoms with E-state index < -0.39 is 5.82 Å². The number of hydrogen-bond donors (Lipinski definition) is 2. The molecule has 7 heteroatoms. The van der Waals surface area contributed by atoms with Crippen LogP contribution in [0.1, 0.15) is 11.3 Å². The Labute approximate surface area is 108 Å². The Hall–Kier alpha value is -2.70. The van der Waals surface area contributed by atoms with Gasteiger partial charge in [-0.3, -0.25) is 0 Å². The maximum atomic E-state index is 13.1. The summed E-state index contributed by atoms with van der Waals surface area (Å²) in [6.07, 6.45) is 1.39. The first-order chi connectivity index (χ1) is 9.10. The molecule has 2 rings (SSSR count). The summed E-state index contributed by atoms with van der Waals surface area (Å²) in [5.74, 6) is -0.284. The van der Waals surface area contributed by atoms with Crippen molar-refractivity contribution in [2.45, 2.75) is 6.92 Å². The third-order valence-electron chi connectivity index (χ3n) is 2.36. The van der Waals surface area contributed by atoms with Crippen molar-refractivity contribution in [2.24, 2.45) is 10.9 Å². The summed E-state index contributed by atoms with van der Waals surface area (Å²) in [7, 11) is 0. The van der Waals surface area contributed by atoms with Crippen LogP contribution in [0.2, 0.25) is 0 Å². The molecule has 1 aromatic heterocycles. The van der Waals surface area contributed by atoms with E-state index in [-0.39, 0.29) is 17.5 Å². The van der Waals surface area contributed by atoms with Gasteiger partial charge in [0.05, 0.1) is 0 Å². The Bertz CT molecular complexity index is 631. The maximum absolute atomic E-state index is 13.1. The van der Waals surface area contributed by atoms with E-state index in [1.165, 1.54) is 24.4 Å². The van der Waals surface area contributed by atoms with Crippen LogP contribution in [-0.4, -0.2) is 21.0 Å². The number of oxime groups is 1. The number of aromatic nitrogens is 2. The lowest BCUT2D eigenvalue weighted by molar-refractivity contribution is 0.318. The third kappa shape index (κ3) is 2.95. The van der Waals surface area contributed by atoms with E-state index in [4.69, 9.17) is 15.7 Å². The molecule has 0 amide bonds. The molecular formula is C12H11FN4O2. The van der Waals surface area contributed by atoms with Gasteiger partial charge in [-0.1, -0.05) is 11.2 Å². The lowest BCUT2D eigenvalue weighted by Crippen LogP contribution is -2.15. The number of rotatable bonds is 3. The van der Waals surface area contributed by atoms with Crippen LogP contribution in [0.3, 0.4) is 0 Å². The van der Waals surface area contributed by atoms with Crippen molar-refractivity contribution < 1.29 is 14.3 Å². The standard InChI is InChI=1S/C12H11FN4O2/c1-7-2-3-8(13)6-10(7)19-12-15-5-4-9(16-12)11(14)17-18/h2-6,18H,1H3,(H2,14,17). The molecule has 2 aromatic rings. The fourth-order valence-corrected chi connectivity index (χ4v) is 1.37. The van der Waals surface area contributed by atoms with E-state index in [0.717, 1.165) is 5.56 Å². The second-order valence-corrected chi connectivity index (χ2v) is 3.72. The van der Waals surface area contributed by atoms with Crippen LogP contribution >= 0.6 is 0 Å². The fraction of sp³-hybridized carbons (Fsp3) is 0.0833. The largest absolute Gasteiger partial charge is 0.424 e. The van der Waals surface area contributed by atoms with Crippen LogP contribution < -0.4 is 10.5 Å².